The molecule has 0 saturated carbocycles. The molecule has 9 heavy (non-hydrogen) atoms. The number of hydrogen-bond acceptors (Lipinski definition) is 1. The first-order valence-corrected chi connectivity index (χ1v) is 3.10. The Morgan fingerprint density at radius 1 is 1.56 bits per heavy atom. The van der Waals surface area contributed by atoms with Gasteiger partial charge in [-0.15, -0.1) is 0 Å². The first-order valence-electron chi connectivity index (χ1n) is 2.35. The summed E-state index contributed by atoms with van der Waals surface area (Å²) >= 11 is 11.0. The average molecular weight is 164 g/mol. The van der Waals surface area contributed by atoms with Crippen LogP contribution < -0.4 is 0 Å². The van der Waals surface area contributed by atoms with E-state index < -0.39 is 0 Å². The Balaban J connectivity index is 4.05. The summed E-state index contributed by atoms with van der Waals surface area (Å²) in [6.07, 6.45) is 2.91. The van der Waals surface area contributed by atoms with E-state index in [1.54, 1.807) is 13.0 Å². The van der Waals surface area contributed by atoms with Crippen molar-refractivity contribution in [2.75, 3.05) is 0 Å². The minimum atomic E-state index is 0.345. The van der Waals surface area contributed by atoms with Crippen molar-refractivity contribution in [2.45, 2.75) is 6.92 Å². The fourth-order valence-electron chi connectivity index (χ4n) is 0.289. The second-order valence-corrected chi connectivity index (χ2v) is 2.35. The highest BCUT2D eigenvalue weighted by molar-refractivity contribution is 6.69. The van der Waals surface area contributed by atoms with Crippen LogP contribution >= 0.6 is 23.2 Å². The van der Waals surface area contributed by atoms with E-state index in [2.05, 4.69) is 11.6 Å². The highest BCUT2D eigenvalue weighted by atomic mass is 35.5. The molecule has 0 unspecified atom stereocenters. The van der Waals surface area contributed by atoms with Gasteiger partial charge in [-0.2, -0.15) is 0 Å². The lowest BCUT2D eigenvalue weighted by Gasteiger charge is -1.83. The van der Waals surface area contributed by atoms with E-state index in [4.69, 9.17) is 23.2 Å². The quantitative estimate of drug-likeness (QED) is 0.556. The van der Waals surface area contributed by atoms with E-state index in [1.165, 1.54) is 6.20 Å². The molecule has 0 aromatic rings. The molecule has 0 spiro atoms. The van der Waals surface area contributed by atoms with Crippen molar-refractivity contribution < 1.29 is 0 Å². The van der Waals surface area contributed by atoms with E-state index in [0.29, 0.717) is 10.2 Å². The zero-order valence-corrected chi connectivity index (χ0v) is 6.58. The van der Waals surface area contributed by atoms with Gasteiger partial charge in [-0.1, -0.05) is 29.8 Å². The standard InChI is InChI=1S/C6H7Cl2N/c1-3-9-6(8)4-5(2)7/h3-4H,1H2,2H3/b5-4+,9-6?. The van der Waals surface area contributed by atoms with Gasteiger partial charge in [-0.3, -0.25) is 0 Å². The van der Waals surface area contributed by atoms with Crippen LogP contribution in [0.1, 0.15) is 6.92 Å². The van der Waals surface area contributed by atoms with Crippen LogP contribution in [0.3, 0.4) is 0 Å². The van der Waals surface area contributed by atoms with E-state index in [9.17, 15) is 0 Å². The molecule has 0 amide bonds. The van der Waals surface area contributed by atoms with Crippen LogP contribution in [0.25, 0.3) is 0 Å². The van der Waals surface area contributed by atoms with Gasteiger partial charge >= 0.3 is 0 Å². The van der Waals surface area contributed by atoms with Gasteiger partial charge in [0.25, 0.3) is 0 Å². The third-order valence-corrected chi connectivity index (χ3v) is 0.848. The molecule has 0 rings (SSSR count). The van der Waals surface area contributed by atoms with Crippen LogP contribution in [0.5, 0.6) is 0 Å². The maximum Gasteiger partial charge on any atom is 0.130 e. The number of nitrogens with zero attached hydrogens (tertiary/aromatic N) is 1. The van der Waals surface area contributed by atoms with Crippen LogP contribution in [0.15, 0.2) is 28.9 Å². The second kappa shape index (κ2) is 4.59. The number of hydrogen-bond donors (Lipinski definition) is 0. The molecule has 0 aliphatic heterocycles. The van der Waals surface area contributed by atoms with Gasteiger partial charge in [0.1, 0.15) is 5.17 Å². The molecule has 0 heterocycles. The fourth-order valence-corrected chi connectivity index (χ4v) is 0.680. The van der Waals surface area contributed by atoms with Crippen molar-refractivity contribution >= 4 is 28.4 Å². The Morgan fingerprint density at radius 2 is 2.11 bits per heavy atom. The molecule has 0 N–H and O–H groups in total. The van der Waals surface area contributed by atoms with E-state index in [-0.39, 0.29) is 0 Å². The Bertz CT molecular complexity index is 154. The Morgan fingerprint density at radius 3 is 2.44 bits per heavy atom. The van der Waals surface area contributed by atoms with E-state index in [1.807, 2.05) is 0 Å². The van der Waals surface area contributed by atoms with Gasteiger partial charge in [-0.05, 0) is 13.0 Å². The summed E-state index contributed by atoms with van der Waals surface area (Å²) in [5.74, 6) is 0. The van der Waals surface area contributed by atoms with Crippen molar-refractivity contribution in [1.29, 1.82) is 0 Å². The molecule has 50 valence electrons. The Kier molecular flexibility index (Phi) is 4.46. The number of halogens is 2. The molecule has 0 aliphatic rings. The first kappa shape index (κ1) is 8.73. The molecule has 0 radical (unpaired) electrons. The summed E-state index contributed by atoms with van der Waals surface area (Å²) in [6.45, 7) is 5.09. The SMILES string of the molecule is C=CN=C(Cl)/C=C(\C)Cl. The smallest absolute Gasteiger partial charge is 0.130 e. The lowest BCUT2D eigenvalue weighted by molar-refractivity contribution is 1.60. The van der Waals surface area contributed by atoms with Crippen molar-refractivity contribution in [3.05, 3.63) is 23.9 Å². The van der Waals surface area contributed by atoms with Gasteiger partial charge in [-0.25, -0.2) is 4.99 Å². The van der Waals surface area contributed by atoms with E-state index in [0.717, 1.165) is 0 Å². The van der Waals surface area contributed by atoms with Gasteiger partial charge in [0.15, 0.2) is 0 Å². The summed E-state index contributed by atoms with van der Waals surface area (Å²) in [6, 6.07) is 0. The van der Waals surface area contributed by atoms with E-state index >= 15 is 0 Å². The molecule has 3 heteroatoms. The minimum absolute atomic E-state index is 0.345. The Labute approximate surface area is 64.7 Å². The normalized spacial score (nSPS) is 13.7. The largest absolute Gasteiger partial charge is 0.245 e. The number of aliphatic imine (C=N–C) groups is 1. The van der Waals surface area contributed by atoms with Crippen molar-refractivity contribution in [1.82, 2.24) is 0 Å². The molecular formula is C6H7Cl2N. The molecule has 0 saturated heterocycles. The highest BCUT2D eigenvalue weighted by Crippen LogP contribution is 2.00. The maximum absolute atomic E-state index is 5.49. The zero-order chi connectivity index (χ0) is 7.28. The van der Waals surface area contributed by atoms with Crippen molar-refractivity contribution in [3.63, 3.8) is 0 Å². The Hall–Kier alpha value is -0.270. The van der Waals surface area contributed by atoms with Crippen molar-refractivity contribution in [3.8, 4) is 0 Å². The topological polar surface area (TPSA) is 12.4 Å². The molecule has 0 aromatic carbocycles. The molecule has 0 aromatic heterocycles. The highest BCUT2D eigenvalue weighted by Gasteiger charge is 1.84. The zero-order valence-electron chi connectivity index (χ0n) is 5.06. The van der Waals surface area contributed by atoms with Crippen LogP contribution in [0.2, 0.25) is 0 Å². The number of rotatable bonds is 2. The minimum Gasteiger partial charge on any atom is -0.245 e. The third-order valence-electron chi connectivity index (χ3n) is 0.533. The first-order chi connectivity index (χ1) is 4.16. The fraction of sp³-hybridized carbons (Fsp3) is 0.167. The van der Waals surface area contributed by atoms with Gasteiger partial charge in [0, 0.05) is 11.2 Å². The summed E-state index contributed by atoms with van der Waals surface area (Å²) in [5.41, 5.74) is 0. The molecule has 1 nitrogen and oxygen atoms in total. The van der Waals surface area contributed by atoms with Crippen LogP contribution in [-0.4, -0.2) is 5.17 Å². The summed E-state index contributed by atoms with van der Waals surface area (Å²) in [7, 11) is 0. The summed E-state index contributed by atoms with van der Waals surface area (Å²) in [5, 5.41) is 0.947. The van der Waals surface area contributed by atoms with Gasteiger partial charge in [0.05, 0.1) is 0 Å². The third kappa shape index (κ3) is 5.60. The monoisotopic (exact) mass is 163 g/mol. The van der Waals surface area contributed by atoms with Crippen LogP contribution in [0, 0.1) is 0 Å². The maximum atomic E-state index is 5.49. The molecular weight excluding hydrogens is 157 g/mol. The van der Waals surface area contributed by atoms with Crippen molar-refractivity contribution in [2.24, 2.45) is 4.99 Å². The lowest BCUT2D eigenvalue weighted by atomic mass is 10.5. The van der Waals surface area contributed by atoms with Crippen LogP contribution in [0.4, 0.5) is 0 Å². The number of allylic oxidation sites excluding steroid dienone is 2. The molecule has 0 fully saturated rings. The van der Waals surface area contributed by atoms with Gasteiger partial charge < -0.3 is 0 Å². The van der Waals surface area contributed by atoms with Gasteiger partial charge in [0.2, 0.25) is 0 Å². The summed E-state index contributed by atoms with van der Waals surface area (Å²) in [4.78, 5) is 3.65. The lowest BCUT2D eigenvalue weighted by Crippen LogP contribution is -1.76. The summed E-state index contributed by atoms with van der Waals surface area (Å²) < 4.78 is 0. The predicted octanol–water partition coefficient (Wildman–Crippen LogP) is 2.91. The average Bonchev–Trinajstić information content (AvgIpc) is 1.63. The molecule has 0 aliphatic carbocycles. The molecule has 0 bridgehead atoms. The molecule has 0 atom stereocenters. The second-order valence-electron chi connectivity index (χ2n) is 1.37. The predicted molar refractivity (Wildman–Crippen MR) is 43.1 cm³/mol. The van der Waals surface area contributed by atoms with Crippen LogP contribution in [-0.2, 0) is 0 Å².